The number of piperazine rings is 1. The van der Waals surface area contributed by atoms with Gasteiger partial charge >= 0.3 is 12.1 Å². The van der Waals surface area contributed by atoms with Gasteiger partial charge in [-0.25, -0.2) is 9.78 Å². The topological polar surface area (TPSA) is 115 Å². The summed E-state index contributed by atoms with van der Waals surface area (Å²) in [6, 6.07) is 7.86. The number of aryl methyl sites for hydroxylation is 1. The van der Waals surface area contributed by atoms with Crippen molar-refractivity contribution in [3.05, 3.63) is 58.6 Å². The van der Waals surface area contributed by atoms with Crippen molar-refractivity contribution in [1.29, 1.82) is 0 Å². The predicted molar refractivity (Wildman–Crippen MR) is 139 cm³/mol. The maximum Gasteiger partial charge on any atom is 0.416 e. The molecular formula is C26H29F3N4O5S. The number of rotatable bonds is 10. The van der Waals surface area contributed by atoms with E-state index in [1.807, 2.05) is 30.0 Å². The molecule has 0 radical (unpaired) electrons. The minimum absolute atomic E-state index is 0.0477. The third-order valence-electron chi connectivity index (χ3n) is 6.33. The molecule has 1 fully saturated rings. The number of thiazole rings is 1. The van der Waals surface area contributed by atoms with E-state index < -0.39 is 35.8 Å². The Kier molecular flexibility index (Phi) is 9.05. The second kappa shape index (κ2) is 12.3. The summed E-state index contributed by atoms with van der Waals surface area (Å²) in [4.78, 5) is 32.5. The Balaban J connectivity index is 1.20. The van der Waals surface area contributed by atoms with Crippen LogP contribution in [0.4, 0.5) is 13.2 Å². The molecule has 0 saturated carbocycles. The van der Waals surface area contributed by atoms with Gasteiger partial charge in [-0.1, -0.05) is 12.1 Å². The Morgan fingerprint density at radius 1 is 1.10 bits per heavy atom. The molecule has 4 rings (SSSR count). The molecule has 0 bridgehead atoms. The van der Waals surface area contributed by atoms with Crippen LogP contribution in [0.15, 0.2) is 42.5 Å². The number of hydrogen-bond acceptors (Lipinski definition) is 8. The summed E-state index contributed by atoms with van der Waals surface area (Å²) >= 11 is 1.60. The van der Waals surface area contributed by atoms with E-state index in [2.05, 4.69) is 15.2 Å². The fourth-order valence-corrected chi connectivity index (χ4v) is 5.15. The van der Waals surface area contributed by atoms with E-state index in [9.17, 15) is 33.0 Å². The summed E-state index contributed by atoms with van der Waals surface area (Å²) in [5.41, 5.74) is 0.00802. The Labute approximate surface area is 226 Å². The number of carbonyl (C=O) groups excluding carboxylic acids is 1. The quantitative estimate of drug-likeness (QED) is 0.343. The second-order valence-electron chi connectivity index (χ2n) is 9.36. The minimum Gasteiger partial charge on any atom is -0.491 e. The van der Waals surface area contributed by atoms with E-state index in [0.29, 0.717) is 38.5 Å². The SMILES string of the molecule is Cc1nc2cc(OC[C@H](O)CN3CCN(CC(=O)N[C@H](C(=O)O)c4ccc(C(F)(F)F)cc4)CC3)ccc2s1. The van der Waals surface area contributed by atoms with Gasteiger partial charge in [0.2, 0.25) is 5.91 Å². The average molecular weight is 567 g/mol. The lowest BCUT2D eigenvalue weighted by Crippen LogP contribution is -2.51. The van der Waals surface area contributed by atoms with Crippen LogP contribution in [-0.4, -0.2) is 88.9 Å². The lowest BCUT2D eigenvalue weighted by molar-refractivity contribution is -0.142. The number of aliphatic carboxylic acids is 1. The molecule has 210 valence electrons. The van der Waals surface area contributed by atoms with E-state index in [1.165, 1.54) is 0 Å². The summed E-state index contributed by atoms with van der Waals surface area (Å²) < 4.78 is 45.2. The van der Waals surface area contributed by atoms with Crippen molar-refractivity contribution in [2.24, 2.45) is 0 Å². The van der Waals surface area contributed by atoms with Gasteiger partial charge in [0.15, 0.2) is 6.04 Å². The molecule has 2 aromatic carbocycles. The van der Waals surface area contributed by atoms with Crippen LogP contribution in [0.1, 0.15) is 22.2 Å². The molecule has 13 heteroatoms. The number of nitrogens with zero attached hydrogens (tertiary/aromatic N) is 3. The Bertz CT molecular complexity index is 1290. The number of aromatic nitrogens is 1. The maximum atomic E-state index is 12.8. The van der Waals surface area contributed by atoms with Gasteiger partial charge in [-0.15, -0.1) is 11.3 Å². The molecule has 0 spiro atoms. The number of carboxylic acids is 1. The molecule has 3 N–H and O–H groups in total. The predicted octanol–water partition coefficient (Wildman–Crippen LogP) is 2.92. The first-order chi connectivity index (χ1) is 18.5. The molecule has 0 aliphatic carbocycles. The number of carbonyl (C=O) groups is 2. The van der Waals surface area contributed by atoms with Crippen molar-refractivity contribution >= 4 is 33.4 Å². The summed E-state index contributed by atoms with van der Waals surface area (Å²) in [5, 5.41) is 23.3. The number of aliphatic hydroxyl groups excluding tert-OH is 1. The second-order valence-corrected chi connectivity index (χ2v) is 10.6. The van der Waals surface area contributed by atoms with Crippen LogP contribution in [0.5, 0.6) is 5.75 Å². The molecule has 1 saturated heterocycles. The maximum absolute atomic E-state index is 12.8. The smallest absolute Gasteiger partial charge is 0.416 e. The molecule has 9 nitrogen and oxygen atoms in total. The number of amides is 1. The Hall–Kier alpha value is -3.26. The fourth-order valence-electron chi connectivity index (χ4n) is 4.35. The highest BCUT2D eigenvalue weighted by molar-refractivity contribution is 7.18. The Morgan fingerprint density at radius 3 is 2.41 bits per heavy atom. The van der Waals surface area contributed by atoms with Crippen LogP contribution in [-0.2, 0) is 15.8 Å². The van der Waals surface area contributed by atoms with Gasteiger partial charge in [-0.3, -0.25) is 14.6 Å². The van der Waals surface area contributed by atoms with Gasteiger partial charge in [0, 0.05) is 38.8 Å². The monoisotopic (exact) mass is 566 g/mol. The number of β-amino-alcohol motifs (C(OH)–C–C–N with tert-alkyl or cyclic N) is 1. The third kappa shape index (κ3) is 7.88. The number of benzene rings is 2. The number of fused-ring (bicyclic) bond motifs is 1. The fraction of sp³-hybridized carbons (Fsp3) is 0.423. The molecule has 2 heterocycles. The van der Waals surface area contributed by atoms with Gasteiger partial charge in [0.25, 0.3) is 0 Å². The van der Waals surface area contributed by atoms with Crippen molar-refractivity contribution in [1.82, 2.24) is 20.1 Å². The van der Waals surface area contributed by atoms with E-state index in [0.717, 1.165) is 39.5 Å². The zero-order valence-electron chi connectivity index (χ0n) is 21.1. The number of aliphatic hydroxyl groups is 1. The molecule has 39 heavy (non-hydrogen) atoms. The molecule has 2 atom stereocenters. The lowest BCUT2D eigenvalue weighted by atomic mass is 10.0. The van der Waals surface area contributed by atoms with Crippen LogP contribution >= 0.6 is 11.3 Å². The van der Waals surface area contributed by atoms with Crippen molar-refractivity contribution in [3.8, 4) is 5.75 Å². The average Bonchev–Trinajstić information content (AvgIpc) is 3.26. The number of hydrogen-bond donors (Lipinski definition) is 3. The first-order valence-electron chi connectivity index (χ1n) is 12.3. The van der Waals surface area contributed by atoms with Crippen molar-refractivity contribution in [2.75, 3.05) is 45.9 Å². The number of alkyl halides is 3. The number of carboxylic acid groups (broad SMARTS) is 1. The third-order valence-corrected chi connectivity index (χ3v) is 7.28. The van der Waals surface area contributed by atoms with E-state index >= 15 is 0 Å². The Morgan fingerprint density at radius 2 is 1.77 bits per heavy atom. The van der Waals surface area contributed by atoms with Crippen LogP contribution in [0, 0.1) is 6.92 Å². The molecule has 3 aromatic rings. The largest absolute Gasteiger partial charge is 0.491 e. The zero-order valence-corrected chi connectivity index (χ0v) is 22.0. The first kappa shape index (κ1) is 28.7. The minimum atomic E-state index is -4.54. The highest BCUT2D eigenvalue weighted by Gasteiger charge is 2.31. The molecule has 1 amide bonds. The summed E-state index contributed by atoms with van der Waals surface area (Å²) in [7, 11) is 0. The summed E-state index contributed by atoms with van der Waals surface area (Å²) in [6.07, 6.45) is -5.26. The highest BCUT2D eigenvalue weighted by atomic mass is 32.1. The van der Waals surface area contributed by atoms with Gasteiger partial charge < -0.3 is 20.3 Å². The van der Waals surface area contributed by atoms with E-state index in [4.69, 9.17) is 4.74 Å². The summed E-state index contributed by atoms with van der Waals surface area (Å²) in [5.74, 6) is -1.28. The molecule has 1 aromatic heterocycles. The van der Waals surface area contributed by atoms with Crippen LogP contribution in [0.25, 0.3) is 10.2 Å². The van der Waals surface area contributed by atoms with Crippen molar-refractivity contribution in [2.45, 2.75) is 25.2 Å². The van der Waals surface area contributed by atoms with Crippen LogP contribution in [0.3, 0.4) is 0 Å². The molecule has 0 unspecified atom stereocenters. The normalized spacial score (nSPS) is 16.6. The molecular weight excluding hydrogens is 537 g/mol. The molecule has 1 aliphatic rings. The van der Waals surface area contributed by atoms with Crippen molar-refractivity contribution < 1.29 is 37.7 Å². The number of nitrogens with one attached hydrogen (secondary N) is 1. The molecule has 1 aliphatic heterocycles. The summed E-state index contributed by atoms with van der Waals surface area (Å²) in [6.45, 7) is 4.65. The van der Waals surface area contributed by atoms with E-state index in [-0.39, 0.29) is 18.7 Å². The van der Waals surface area contributed by atoms with Crippen LogP contribution in [0.2, 0.25) is 0 Å². The van der Waals surface area contributed by atoms with Gasteiger partial charge in [0.05, 0.1) is 27.3 Å². The number of halogens is 3. The highest BCUT2D eigenvalue weighted by Crippen LogP contribution is 2.30. The van der Waals surface area contributed by atoms with Gasteiger partial charge in [-0.05, 0) is 36.8 Å². The van der Waals surface area contributed by atoms with Gasteiger partial charge in [0.1, 0.15) is 18.5 Å². The van der Waals surface area contributed by atoms with E-state index in [1.54, 1.807) is 11.3 Å². The van der Waals surface area contributed by atoms with Crippen LogP contribution < -0.4 is 10.1 Å². The van der Waals surface area contributed by atoms with Gasteiger partial charge in [-0.2, -0.15) is 13.2 Å². The lowest BCUT2D eigenvalue weighted by Gasteiger charge is -2.35. The standard InChI is InChI=1S/C26H29F3N4O5S/c1-16-30-21-12-20(6-7-22(21)39-16)38-15-19(34)13-32-8-10-33(11-9-32)14-23(35)31-24(25(36)37)17-2-4-18(5-3-17)26(27,28)29/h2-7,12,19,24,34H,8-11,13-15H2,1H3,(H,31,35)(H,36,37)/t19-,24+/m1/s1. The number of ether oxygens (including phenoxy) is 1. The first-order valence-corrected chi connectivity index (χ1v) is 13.1. The zero-order chi connectivity index (χ0) is 28.2. The van der Waals surface area contributed by atoms with Crippen molar-refractivity contribution in [3.63, 3.8) is 0 Å².